The molecule has 0 atom stereocenters. The Balaban J connectivity index is 0.000000180. The van der Waals surface area contributed by atoms with Gasteiger partial charge in [0.2, 0.25) is 0 Å². The lowest BCUT2D eigenvalue weighted by atomic mass is 10.1. The molecule has 0 aromatic carbocycles. The summed E-state index contributed by atoms with van der Waals surface area (Å²) in [5.74, 6) is 1.70. The zero-order valence-electron chi connectivity index (χ0n) is 15.9. The van der Waals surface area contributed by atoms with Crippen molar-refractivity contribution >= 4 is 29.7 Å². The van der Waals surface area contributed by atoms with Gasteiger partial charge in [0.1, 0.15) is 12.9 Å². The molecule has 3 rings (SSSR count). The Bertz CT molecular complexity index is 485. The highest BCUT2D eigenvalue weighted by Gasteiger charge is 2.10. The van der Waals surface area contributed by atoms with Crippen molar-refractivity contribution in [3.05, 3.63) is 0 Å². The molecule has 0 aliphatic carbocycles. The van der Waals surface area contributed by atoms with Crippen LogP contribution in [0.1, 0.15) is 54.4 Å². The number of hydrogen-bond acceptors (Lipinski definition) is 6. The van der Waals surface area contributed by atoms with Gasteiger partial charge in [0.25, 0.3) is 0 Å². The van der Waals surface area contributed by atoms with Gasteiger partial charge in [-0.3, -0.25) is 4.99 Å². The lowest BCUT2D eigenvalue weighted by Crippen LogP contribution is -2.07. The number of oxime groups is 1. The molecule has 0 bridgehead atoms. The van der Waals surface area contributed by atoms with Crippen LogP contribution in [0.25, 0.3) is 0 Å². The lowest BCUT2D eigenvalue weighted by Gasteiger charge is -1.99. The van der Waals surface area contributed by atoms with Crippen molar-refractivity contribution < 1.29 is 4.84 Å². The van der Waals surface area contributed by atoms with E-state index in [0.29, 0.717) is 17.8 Å². The summed E-state index contributed by atoms with van der Waals surface area (Å²) in [7, 11) is 0. The summed E-state index contributed by atoms with van der Waals surface area (Å²) in [5, 5.41) is 11.5. The Morgan fingerprint density at radius 2 is 1.58 bits per heavy atom. The predicted octanol–water partition coefficient (Wildman–Crippen LogP) is 4.02. The molecule has 0 aromatic rings. The van der Waals surface area contributed by atoms with Gasteiger partial charge < -0.3 is 4.84 Å². The summed E-state index contributed by atoms with van der Waals surface area (Å²) < 4.78 is 0. The van der Waals surface area contributed by atoms with Crippen LogP contribution in [-0.2, 0) is 4.84 Å². The number of hydrogen-bond donors (Lipinski definition) is 0. The Morgan fingerprint density at radius 1 is 0.917 bits per heavy atom. The van der Waals surface area contributed by atoms with Crippen molar-refractivity contribution in [1.82, 2.24) is 0 Å². The first-order valence-corrected chi connectivity index (χ1v) is 8.73. The van der Waals surface area contributed by atoms with Crippen LogP contribution in [0, 0.1) is 17.8 Å². The normalized spacial score (nSPS) is 18.0. The van der Waals surface area contributed by atoms with Gasteiger partial charge in [-0.25, -0.2) is 4.99 Å². The number of rotatable bonds is 3. The standard InChI is InChI=1S/2C6H10N2.C6H11NO/c1-5(2)6-3-7-4-8-6;1-5(2)6-3-4-7-8-6;1-5(2)6-3-4-8-7-6/h2*4-5H,3H2,1-2H3;5H,3-4H2,1-2H3. The van der Waals surface area contributed by atoms with Crippen LogP contribution in [0.3, 0.4) is 0 Å². The second kappa shape index (κ2) is 10.8. The third-order valence-corrected chi connectivity index (χ3v) is 3.76. The smallest absolute Gasteiger partial charge is 0.122 e. The summed E-state index contributed by atoms with van der Waals surface area (Å²) >= 11 is 0. The van der Waals surface area contributed by atoms with Gasteiger partial charge in [-0.05, 0) is 17.8 Å². The zero-order valence-corrected chi connectivity index (χ0v) is 15.9. The van der Waals surface area contributed by atoms with Crippen LogP contribution in [0.15, 0.2) is 25.3 Å². The minimum Gasteiger partial charge on any atom is -0.395 e. The van der Waals surface area contributed by atoms with E-state index in [0.717, 1.165) is 26.0 Å². The van der Waals surface area contributed by atoms with Crippen molar-refractivity contribution in [1.29, 1.82) is 0 Å². The van der Waals surface area contributed by atoms with Crippen molar-refractivity contribution in [2.24, 2.45) is 43.1 Å². The van der Waals surface area contributed by atoms with Gasteiger partial charge in [-0.15, -0.1) is 0 Å². The molecule has 0 unspecified atom stereocenters. The van der Waals surface area contributed by atoms with Gasteiger partial charge >= 0.3 is 0 Å². The van der Waals surface area contributed by atoms with Gasteiger partial charge in [0, 0.05) is 30.5 Å². The Kier molecular flexibility index (Phi) is 9.12. The molecule has 0 saturated heterocycles. The first kappa shape index (κ1) is 20.2. The molecule has 134 valence electrons. The molecule has 6 nitrogen and oxygen atoms in total. The average molecular weight is 333 g/mol. The molecule has 6 heteroatoms. The molecule has 3 heterocycles. The largest absolute Gasteiger partial charge is 0.395 e. The lowest BCUT2D eigenvalue weighted by molar-refractivity contribution is 0.173. The quantitative estimate of drug-likeness (QED) is 0.769. The van der Waals surface area contributed by atoms with E-state index in [1.807, 2.05) is 6.21 Å². The van der Waals surface area contributed by atoms with Crippen LogP contribution < -0.4 is 0 Å². The van der Waals surface area contributed by atoms with E-state index in [2.05, 4.69) is 66.9 Å². The summed E-state index contributed by atoms with van der Waals surface area (Å²) in [4.78, 5) is 12.8. The number of nitrogens with zero attached hydrogens (tertiary/aromatic N) is 5. The van der Waals surface area contributed by atoms with Gasteiger partial charge in [-0.1, -0.05) is 46.7 Å². The first-order valence-electron chi connectivity index (χ1n) is 8.73. The van der Waals surface area contributed by atoms with Crippen LogP contribution in [0.2, 0.25) is 0 Å². The summed E-state index contributed by atoms with van der Waals surface area (Å²) in [6.45, 7) is 14.4. The van der Waals surface area contributed by atoms with Crippen molar-refractivity contribution in [3.8, 4) is 0 Å². The Hall–Kier alpha value is -1.85. The highest BCUT2D eigenvalue weighted by Crippen LogP contribution is 2.08. The molecular weight excluding hydrogens is 302 g/mol. The monoisotopic (exact) mass is 333 g/mol. The molecule has 0 radical (unpaired) electrons. The second-order valence-corrected chi connectivity index (χ2v) is 6.80. The van der Waals surface area contributed by atoms with Crippen LogP contribution >= 0.6 is 0 Å². The third kappa shape index (κ3) is 7.62. The van der Waals surface area contributed by atoms with Crippen LogP contribution in [0.4, 0.5) is 0 Å². The summed E-state index contributed by atoms with van der Waals surface area (Å²) in [6.07, 6.45) is 5.46. The predicted molar refractivity (Wildman–Crippen MR) is 104 cm³/mol. The van der Waals surface area contributed by atoms with E-state index < -0.39 is 0 Å². The molecule has 0 fully saturated rings. The molecular formula is C18H31N5O. The molecule has 0 aromatic heterocycles. The van der Waals surface area contributed by atoms with E-state index in [-0.39, 0.29) is 0 Å². The molecule has 24 heavy (non-hydrogen) atoms. The zero-order chi connectivity index (χ0) is 17.9. The maximum absolute atomic E-state index is 4.81. The minimum absolute atomic E-state index is 0.567. The fourth-order valence-corrected chi connectivity index (χ4v) is 1.98. The minimum atomic E-state index is 0.567. The Morgan fingerprint density at radius 3 is 1.83 bits per heavy atom. The van der Waals surface area contributed by atoms with E-state index in [1.54, 1.807) is 6.34 Å². The van der Waals surface area contributed by atoms with E-state index in [4.69, 9.17) is 4.84 Å². The highest BCUT2D eigenvalue weighted by atomic mass is 16.6. The maximum atomic E-state index is 4.81. The van der Waals surface area contributed by atoms with Gasteiger partial charge in [0.15, 0.2) is 0 Å². The number of aliphatic imine (C=N–C) groups is 2. The SMILES string of the molecule is CC(C)C1=NC=NC1.CC(C)C1=NN=CC1.CC(C)C1=NOCC1. The molecule has 0 amide bonds. The van der Waals surface area contributed by atoms with E-state index in [1.165, 1.54) is 17.1 Å². The summed E-state index contributed by atoms with van der Waals surface area (Å²) in [6, 6.07) is 0. The highest BCUT2D eigenvalue weighted by molar-refractivity contribution is 5.99. The topological polar surface area (TPSA) is 71.0 Å². The van der Waals surface area contributed by atoms with Crippen LogP contribution in [0.5, 0.6) is 0 Å². The molecule has 0 saturated carbocycles. The van der Waals surface area contributed by atoms with Crippen LogP contribution in [-0.4, -0.2) is 42.8 Å². The molecule has 3 aliphatic heterocycles. The van der Waals surface area contributed by atoms with E-state index in [9.17, 15) is 0 Å². The fraction of sp³-hybridized carbons (Fsp3) is 0.722. The Labute approximate surface area is 145 Å². The summed E-state index contributed by atoms with van der Waals surface area (Å²) in [5.41, 5.74) is 3.60. The molecule has 3 aliphatic rings. The maximum Gasteiger partial charge on any atom is 0.122 e. The van der Waals surface area contributed by atoms with E-state index >= 15 is 0 Å². The fourth-order valence-electron chi connectivity index (χ4n) is 1.98. The van der Waals surface area contributed by atoms with Crippen molar-refractivity contribution in [2.45, 2.75) is 54.4 Å². The van der Waals surface area contributed by atoms with Crippen molar-refractivity contribution in [3.63, 3.8) is 0 Å². The molecule has 0 spiro atoms. The second-order valence-electron chi connectivity index (χ2n) is 6.80. The third-order valence-electron chi connectivity index (χ3n) is 3.76. The van der Waals surface area contributed by atoms with Gasteiger partial charge in [0.05, 0.1) is 12.3 Å². The van der Waals surface area contributed by atoms with Crippen molar-refractivity contribution in [2.75, 3.05) is 13.2 Å². The first-order chi connectivity index (χ1) is 11.4. The molecule has 0 N–H and O–H groups in total. The average Bonchev–Trinajstić information content (AvgIpc) is 3.29. The van der Waals surface area contributed by atoms with Gasteiger partial charge in [-0.2, -0.15) is 10.2 Å².